The smallest absolute Gasteiger partial charge is 0.406 e. The van der Waals surface area contributed by atoms with E-state index in [4.69, 9.17) is 11.5 Å². The van der Waals surface area contributed by atoms with Crippen LogP contribution in [0.2, 0.25) is 0 Å². The van der Waals surface area contributed by atoms with E-state index in [1.807, 2.05) is 23.9 Å². The van der Waals surface area contributed by atoms with Gasteiger partial charge in [-0.15, -0.1) is 18.3 Å². The molecule has 3 rings (SSSR count). The number of aromatic nitrogens is 3. The Morgan fingerprint density at radius 2 is 1.83 bits per heavy atom. The lowest BCUT2D eigenvalue weighted by Crippen LogP contribution is -2.49. The molecule has 1 aliphatic heterocycles. The minimum absolute atomic E-state index is 0.132. The number of benzene rings is 1. The molecule has 0 radical (unpaired) electrons. The van der Waals surface area contributed by atoms with Crippen LogP contribution in [0.3, 0.4) is 0 Å². The summed E-state index contributed by atoms with van der Waals surface area (Å²) in [6, 6.07) is 5.83. The number of amides is 1. The monoisotopic (exact) mass is 581 g/mol. The number of alkyl halides is 3. The summed E-state index contributed by atoms with van der Waals surface area (Å²) in [5.41, 5.74) is 13.4. The summed E-state index contributed by atoms with van der Waals surface area (Å²) >= 11 is 0. The number of piperazine rings is 1. The number of carbonyl (C=O) groups is 2. The second-order valence-corrected chi connectivity index (χ2v) is 9.20. The van der Waals surface area contributed by atoms with E-state index in [2.05, 4.69) is 25.7 Å². The van der Waals surface area contributed by atoms with E-state index < -0.39 is 6.36 Å². The molecule has 1 saturated heterocycles. The maximum atomic E-state index is 12.5. The first-order chi connectivity index (χ1) is 19.5. The Kier molecular flexibility index (Phi) is 13.6. The van der Waals surface area contributed by atoms with Gasteiger partial charge < -0.3 is 31.7 Å². The van der Waals surface area contributed by atoms with Crippen molar-refractivity contribution in [2.45, 2.75) is 32.2 Å². The molecule has 0 bridgehead atoms. The molecule has 0 aliphatic carbocycles. The standard InChI is InChI=1S/C24H31F3N8O3.C2H7N/c25-24(26,27)38-21-6-3-5-20(14-21)34-12-10-33(11-13-34)16-23(37)30-22(29)8-7-18(28)4-1-2-9-35-15-19(17-36)31-32-35;1-3-2/h3,5-8,14-15,17H,1-2,4,9-13,16,28-29H2,(H,30,37);3H,1-2H3/b18-7-,22-8+;. The normalized spacial score (nSPS) is 14.7. The van der Waals surface area contributed by atoms with Gasteiger partial charge in [-0.05, 0) is 57.6 Å². The summed E-state index contributed by atoms with van der Waals surface area (Å²) in [5, 5.41) is 12.9. The number of halogens is 3. The van der Waals surface area contributed by atoms with Crippen LogP contribution in [-0.4, -0.2) is 85.3 Å². The molecule has 0 atom stereocenters. The number of hydrogen-bond donors (Lipinski definition) is 4. The molecule has 1 aliphatic rings. The molecule has 2 heterocycles. The maximum Gasteiger partial charge on any atom is 0.573 e. The van der Waals surface area contributed by atoms with Gasteiger partial charge in [-0.25, -0.2) is 0 Å². The molecule has 1 aromatic heterocycles. The van der Waals surface area contributed by atoms with E-state index in [1.165, 1.54) is 24.3 Å². The molecule has 0 spiro atoms. The Morgan fingerprint density at radius 3 is 2.46 bits per heavy atom. The van der Waals surface area contributed by atoms with Crippen LogP contribution < -0.4 is 31.7 Å². The topological polar surface area (TPSA) is 157 Å². The van der Waals surface area contributed by atoms with Crippen LogP contribution in [0.4, 0.5) is 18.9 Å². The highest BCUT2D eigenvalue weighted by atomic mass is 19.4. The second kappa shape index (κ2) is 16.9. The minimum atomic E-state index is -4.74. The number of nitrogens with zero attached hydrogens (tertiary/aromatic N) is 5. The average Bonchev–Trinajstić information content (AvgIpc) is 3.38. The predicted molar refractivity (Wildman–Crippen MR) is 149 cm³/mol. The minimum Gasteiger partial charge on any atom is -0.406 e. The van der Waals surface area contributed by atoms with Crippen molar-refractivity contribution in [2.24, 2.45) is 11.5 Å². The van der Waals surface area contributed by atoms with Gasteiger partial charge >= 0.3 is 6.36 Å². The van der Waals surface area contributed by atoms with E-state index >= 15 is 0 Å². The third-order valence-electron chi connectivity index (χ3n) is 5.70. The van der Waals surface area contributed by atoms with E-state index in [9.17, 15) is 22.8 Å². The van der Waals surface area contributed by atoms with Crippen molar-refractivity contribution in [3.63, 3.8) is 0 Å². The molecule has 15 heteroatoms. The Balaban J connectivity index is 0.00000187. The predicted octanol–water partition coefficient (Wildman–Crippen LogP) is 1.58. The van der Waals surface area contributed by atoms with E-state index in [1.54, 1.807) is 23.0 Å². The summed E-state index contributed by atoms with van der Waals surface area (Å²) in [5.74, 6) is -0.376. The highest BCUT2D eigenvalue weighted by Gasteiger charge is 2.31. The molecule has 0 saturated carbocycles. The number of carbonyl (C=O) groups excluding carboxylic acids is 2. The van der Waals surface area contributed by atoms with Gasteiger partial charge in [0.1, 0.15) is 17.3 Å². The number of anilines is 1. The zero-order valence-electron chi connectivity index (χ0n) is 23.2. The first-order valence-electron chi connectivity index (χ1n) is 13.0. The third-order valence-corrected chi connectivity index (χ3v) is 5.70. The van der Waals surface area contributed by atoms with E-state index in [0.29, 0.717) is 62.5 Å². The molecule has 6 N–H and O–H groups in total. The number of aldehydes is 1. The Hall–Kier alpha value is -4.11. The molecule has 0 unspecified atom stereocenters. The van der Waals surface area contributed by atoms with E-state index in [-0.39, 0.29) is 24.0 Å². The van der Waals surface area contributed by atoms with Crippen LogP contribution in [0, 0.1) is 0 Å². The van der Waals surface area contributed by atoms with Crippen LogP contribution in [0.15, 0.2) is 54.1 Å². The molecule has 1 amide bonds. The van der Waals surface area contributed by atoms with Crippen molar-refractivity contribution in [3.8, 4) is 5.75 Å². The fourth-order valence-corrected chi connectivity index (χ4v) is 3.85. The Bertz CT molecular complexity index is 1160. The number of aryl methyl sites for hydroxylation is 1. The van der Waals surface area contributed by atoms with Gasteiger partial charge in [0, 0.05) is 50.2 Å². The number of nitrogens with two attached hydrogens (primary N) is 2. The quantitative estimate of drug-likeness (QED) is 0.165. The van der Waals surface area contributed by atoms with Crippen molar-refractivity contribution in [2.75, 3.05) is 51.7 Å². The van der Waals surface area contributed by atoms with Gasteiger partial charge in [0.05, 0.1) is 12.7 Å². The Labute approximate surface area is 237 Å². The summed E-state index contributed by atoms with van der Waals surface area (Å²) in [4.78, 5) is 26.9. The molecule has 226 valence electrons. The summed E-state index contributed by atoms with van der Waals surface area (Å²) in [6.45, 7) is 2.95. The van der Waals surface area contributed by atoms with Gasteiger partial charge in [-0.1, -0.05) is 11.3 Å². The first-order valence-corrected chi connectivity index (χ1v) is 13.0. The SMILES string of the molecule is CNC.N/C(=C\C=C(/N)NC(=O)CN1CCN(c2cccc(OC(F)(F)F)c2)CC1)CCCCn1cc(C=O)nn1. The summed E-state index contributed by atoms with van der Waals surface area (Å²) in [6.07, 6.45) is 2.88. The fourth-order valence-electron chi connectivity index (χ4n) is 3.85. The first kappa shape index (κ1) is 33.1. The van der Waals surface area contributed by atoms with Crippen LogP contribution in [0.1, 0.15) is 29.8 Å². The van der Waals surface area contributed by atoms with Crippen LogP contribution in [-0.2, 0) is 11.3 Å². The lowest BCUT2D eigenvalue weighted by atomic mass is 10.2. The number of unbranched alkanes of at least 4 members (excludes halogenated alkanes) is 1. The lowest BCUT2D eigenvalue weighted by Gasteiger charge is -2.35. The summed E-state index contributed by atoms with van der Waals surface area (Å²) in [7, 11) is 3.75. The highest BCUT2D eigenvalue weighted by Crippen LogP contribution is 2.27. The van der Waals surface area contributed by atoms with Crippen molar-refractivity contribution in [3.05, 3.63) is 59.8 Å². The summed E-state index contributed by atoms with van der Waals surface area (Å²) < 4.78 is 43.0. The van der Waals surface area contributed by atoms with Gasteiger partial charge in [0.2, 0.25) is 5.91 Å². The van der Waals surface area contributed by atoms with Crippen LogP contribution >= 0.6 is 0 Å². The lowest BCUT2D eigenvalue weighted by molar-refractivity contribution is -0.274. The zero-order chi connectivity index (χ0) is 30.3. The number of allylic oxidation sites excluding steroid dienone is 3. The average molecular weight is 582 g/mol. The van der Waals surface area contributed by atoms with Gasteiger partial charge in [0.15, 0.2) is 6.29 Å². The number of nitrogens with one attached hydrogen (secondary N) is 2. The van der Waals surface area contributed by atoms with Crippen molar-refractivity contribution < 1.29 is 27.5 Å². The van der Waals surface area contributed by atoms with Crippen molar-refractivity contribution in [1.29, 1.82) is 0 Å². The Morgan fingerprint density at radius 1 is 1.12 bits per heavy atom. The fraction of sp³-hybridized carbons (Fsp3) is 0.462. The van der Waals surface area contributed by atoms with Gasteiger partial charge in [-0.2, -0.15) is 0 Å². The molecule has 12 nitrogen and oxygen atoms in total. The van der Waals surface area contributed by atoms with Crippen LogP contribution in [0.25, 0.3) is 0 Å². The van der Waals surface area contributed by atoms with Gasteiger partial charge in [0.25, 0.3) is 0 Å². The second-order valence-electron chi connectivity index (χ2n) is 9.20. The molecule has 1 aromatic carbocycles. The number of rotatable bonds is 12. The number of hydrogen-bond acceptors (Lipinski definition) is 10. The zero-order valence-corrected chi connectivity index (χ0v) is 23.2. The van der Waals surface area contributed by atoms with Crippen LogP contribution in [0.5, 0.6) is 5.75 Å². The highest BCUT2D eigenvalue weighted by molar-refractivity contribution is 5.79. The molecule has 1 fully saturated rings. The molecular formula is C26H38F3N9O3. The van der Waals surface area contributed by atoms with Gasteiger partial charge in [-0.3, -0.25) is 19.2 Å². The number of ether oxygens (including phenoxy) is 1. The van der Waals surface area contributed by atoms with E-state index in [0.717, 1.165) is 12.8 Å². The third kappa shape index (κ3) is 13.2. The van der Waals surface area contributed by atoms with Crippen molar-refractivity contribution >= 4 is 17.9 Å². The molecule has 2 aromatic rings. The molecular weight excluding hydrogens is 543 g/mol. The maximum absolute atomic E-state index is 12.5. The largest absolute Gasteiger partial charge is 0.573 e. The molecule has 41 heavy (non-hydrogen) atoms. The van der Waals surface area contributed by atoms with Crippen molar-refractivity contribution in [1.82, 2.24) is 30.5 Å².